The van der Waals surface area contributed by atoms with Crippen LogP contribution in [-0.4, -0.2) is 82.4 Å². The lowest BCUT2D eigenvalue weighted by atomic mass is 9.97. The van der Waals surface area contributed by atoms with Gasteiger partial charge >= 0.3 is 0 Å². The largest absolute Gasteiger partial charge is 0.388 e. The number of benzene rings is 2. The normalized spacial score (nSPS) is 21.4. The lowest BCUT2D eigenvalue weighted by Gasteiger charge is -2.47. The number of thioether (sulfide) groups is 1. The molecule has 39 heavy (non-hydrogen) atoms. The smallest absolute Gasteiger partial charge is 0.225 e. The van der Waals surface area contributed by atoms with Gasteiger partial charge in [-0.2, -0.15) is 0 Å². The van der Waals surface area contributed by atoms with Crippen molar-refractivity contribution in [3.63, 3.8) is 0 Å². The monoisotopic (exact) mass is 589 g/mol. The highest BCUT2D eigenvalue weighted by molar-refractivity contribution is 8.02. The molecule has 4 rings (SSSR count). The van der Waals surface area contributed by atoms with Crippen LogP contribution in [0.1, 0.15) is 51.6 Å². The summed E-state index contributed by atoms with van der Waals surface area (Å²) < 4.78 is 0. The van der Waals surface area contributed by atoms with Crippen molar-refractivity contribution < 1.29 is 9.90 Å². The Bertz CT molecular complexity index is 1100. The second-order valence-corrected chi connectivity index (χ2v) is 12.8. The number of likely N-dealkylation sites (tertiary alicyclic amines) is 1. The highest BCUT2D eigenvalue weighted by Gasteiger charge is 2.33. The molecule has 0 radical (unpaired) electrons. The summed E-state index contributed by atoms with van der Waals surface area (Å²) in [5, 5.41) is 13.3. The van der Waals surface area contributed by atoms with Crippen LogP contribution in [0.4, 0.5) is 0 Å². The lowest BCUT2D eigenvalue weighted by molar-refractivity contribution is -0.134. The van der Waals surface area contributed by atoms with Crippen molar-refractivity contribution in [3.8, 4) is 11.1 Å². The number of nitrogens with zero attached hydrogens (tertiary/aromatic N) is 3. The predicted octanol–water partition coefficient (Wildman–Crippen LogP) is 6.74. The molecule has 2 fully saturated rings. The van der Waals surface area contributed by atoms with E-state index in [-0.39, 0.29) is 12.3 Å². The number of amides is 1. The van der Waals surface area contributed by atoms with Crippen molar-refractivity contribution >= 4 is 40.9 Å². The summed E-state index contributed by atoms with van der Waals surface area (Å²) in [6, 6.07) is 15.7. The number of halogens is 2. The molecule has 2 saturated heterocycles. The van der Waals surface area contributed by atoms with Gasteiger partial charge in [0.15, 0.2) is 0 Å². The van der Waals surface area contributed by atoms with Crippen LogP contribution in [0.3, 0.4) is 0 Å². The van der Waals surface area contributed by atoms with Crippen LogP contribution in [-0.2, 0) is 4.79 Å². The molecule has 2 aliphatic heterocycles. The van der Waals surface area contributed by atoms with E-state index in [0.29, 0.717) is 28.2 Å². The topological polar surface area (TPSA) is 47.0 Å². The third kappa shape index (κ3) is 8.25. The number of carbonyl (C=O) groups is 1. The van der Waals surface area contributed by atoms with Crippen LogP contribution in [0.25, 0.3) is 11.1 Å². The maximum atomic E-state index is 12.7. The van der Waals surface area contributed by atoms with Gasteiger partial charge in [0.05, 0.1) is 12.5 Å². The van der Waals surface area contributed by atoms with Gasteiger partial charge < -0.3 is 10.0 Å². The number of piperazine rings is 1. The molecule has 2 aromatic rings. The molecular formula is C31H41Cl2N3O2S. The summed E-state index contributed by atoms with van der Waals surface area (Å²) in [6.45, 7) is 11.4. The van der Waals surface area contributed by atoms with Gasteiger partial charge in [-0.15, -0.1) is 11.8 Å². The Balaban J connectivity index is 1.26. The van der Waals surface area contributed by atoms with Crippen molar-refractivity contribution in [3.05, 3.63) is 69.6 Å². The molecule has 3 atom stereocenters. The molecular weight excluding hydrogens is 549 g/mol. The second-order valence-electron chi connectivity index (χ2n) is 10.7. The van der Waals surface area contributed by atoms with Crippen molar-refractivity contribution in [2.24, 2.45) is 0 Å². The molecule has 212 valence electrons. The van der Waals surface area contributed by atoms with Crippen LogP contribution in [0.15, 0.2) is 53.9 Å². The maximum Gasteiger partial charge on any atom is 0.225 e. The molecule has 1 N–H and O–H groups in total. The minimum Gasteiger partial charge on any atom is -0.388 e. The van der Waals surface area contributed by atoms with E-state index in [1.165, 1.54) is 5.56 Å². The number of carbonyl (C=O) groups excluding carboxylic acids is 1. The standard InChI is InChI=1S/C31H41Cl2N3O2S/c1-4-39-16-11-30(37)20-31(38)34-12-9-29(10-13-34)35-14-15-36(22(2)21-35)23(3)24-5-7-25(8-6-24)26-17-27(32)19-28(33)18-26/h5-8,11,16-19,22-23,29-30,37H,4,9-10,12-15,20-21H2,1-3H3/b16-11-/t22-,23+,30?/m1/s1. The molecule has 2 aliphatic rings. The molecule has 2 aromatic carbocycles. The third-order valence-corrected chi connectivity index (χ3v) is 9.20. The first-order valence-electron chi connectivity index (χ1n) is 14.1. The predicted molar refractivity (Wildman–Crippen MR) is 166 cm³/mol. The van der Waals surface area contributed by atoms with Crippen LogP contribution < -0.4 is 0 Å². The Morgan fingerprint density at radius 3 is 2.33 bits per heavy atom. The fraction of sp³-hybridized carbons (Fsp3) is 0.516. The number of hydrogen-bond acceptors (Lipinski definition) is 5. The minimum absolute atomic E-state index is 0.0589. The Hall–Kier alpha value is -1.54. The highest BCUT2D eigenvalue weighted by atomic mass is 35.5. The first-order chi connectivity index (χ1) is 18.7. The van der Waals surface area contributed by atoms with Gasteiger partial charge in [0, 0.05) is 60.9 Å². The number of piperidine rings is 1. The van der Waals surface area contributed by atoms with Crippen molar-refractivity contribution in [2.75, 3.05) is 38.5 Å². The van der Waals surface area contributed by atoms with Crippen LogP contribution in [0, 0.1) is 0 Å². The highest BCUT2D eigenvalue weighted by Crippen LogP contribution is 2.31. The van der Waals surface area contributed by atoms with E-state index in [2.05, 4.69) is 54.8 Å². The van der Waals surface area contributed by atoms with Gasteiger partial charge in [-0.05, 0) is 78.8 Å². The summed E-state index contributed by atoms with van der Waals surface area (Å²) in [5.74, 6) is 1.02. The van der Waals surface area contributed by atoms with E-state index in [1.807, 2.05) is 22.4 Å². The molecule has 0 spiro atoms. The lowest BCUT2D eigenvalue weighted by Crippen LogP contribution is -2.57. The fourth-order valence-corrected chi connectivity index (χ4v) is 6.88. The zero-order valence-corrected chi connectivity index (χ0v) is 25.6. The van der Waals surface area contributed by atoms with E-state index in [1.54, 1.807) is 23.9 Å². The van der Waals surface area contributed by atoms with Gasteiger partial charge in [-0.1, -0.05) is 54.4 Å². The van der Waals surface area contributed by atoms with Gasteiger partial charge in [0.25, 0.3) is 0 Å². The second kappa shape index (κ2) is 14.4. The van der Waals surface area contributed by atoms with Crippen LogP contribution >= 0.6 is 35.0 Å². The Morgan fingerprint density at radius 1 is 1.05 bits per heavy atom. The Morgan fingerprint density at radius 2 is 1.72 bits per heavy atom. The molecule has 1 amide bonds. The quantitative estimate of drug-likeness (QED) is 0.351. The summed E-state index contributed by atoms with van der Waals surface area (Å²) in [6.07, 6.45) is 3.20. The SMILES string of the molecule is CCS/C=C\C(O)CC(=O)N1CCC(N2CCN([C@@H](C)c3ccc(-c4cc(Cl)cc(Cl)c4)cc3)[C@H](C)C2)CC1. The van der Waals surface area contributed by atoms with E-state index < -0.39 is 6.10 Å². The molecule has 0 aromatic heterocycles. The summed E-state index contributed by atoms with van der Waals surface area (Å²) in [7, 11) is 0. The van der Waals surface area contributed by atoms with Gasteiger partial charge in [0.2, 0.25) is 5.91 Å². The third-order valence-electron chi connectivity index (χ3n) is 8.08. The van der Waals surface area contributed by atoms with Crippen molar-refractivity contribution in [2.45, 2.75) is 64.3 Å². The fourth-order valence-electron chi connectivity index (χ4n) is 5.87. The summed E-state index contributed by atoms with van der Waals surface area (Å²) >= 11 is 14.0. The summed E-state index contributed by atoms with van der Waals surface area (Å²) in [4.78, 5) is 19.8. The van der Waals surface area contributed by atoms with Crippen LogP contribution in [0.5, 0.6) is 0 Å². The molecule has 1 unspecified atom stereocenters. The van der Waals surface area contributed by atoms with Crippen molar-refractivity contribution in [1.82, 2.24) is 14.7 Å². The summed E-state index contributed by atoms with van der Waals surface area (Å²) in [5.41, 5.74) is 3.45. The minimum atomic E-state index is -0.697. The molecule has 5 nitrogen and oxygen atoms in total. The van der Waals surface area contributed by atoms with Crippen molar-refractivity contribution in [1.29, 1.82) is 0 Å². The van der Waals surface area contributed by atoms with E-state index >= 15 is 0 Å². The zero-order chi connectivity index (χ0) is 27.9. The zero-order valence-electron chi connectivity index (χ0n) is 23.2. The Kier molecular flexibility index (Phi) is 11.2. The van der Waals surface area contributed by atoms with Crippen LogP contribution in [0.2, 0.25) is 10.0 Å². The van der Waals surface area contributed by atoms with Gasteiger partial charge in [-0.25, -0.2) is 0 Å². The molecule has 0 aliphatic carbocycles. The number of aliphatic hydroxyl groups excluding tert-OH is 1. The average Bonchev–Trinajstić information content (AvgIpc) is 2.92. The number of aliphatic hydroxyl groups is 1. The maximum absolute atomic E-state index is 12.7. The van der Waals surface area contributed by atoms with Gasteiger partial charge in [-0.3, -0.25) is 14.6 Å². The Labute approximate surface area is 248 Å². The molecule has 0 saturated carbocycles. The van der Waals surface area contributed by atoms with E-state index in [4.69, 9.17) is 23.2 Å². The van der Waals surface area contributed by atoms with E-state index in [9.17, 15) is 9.90 Å². The molecule has 0 bridgehead atoms. The van der Waals surface area contributed by atoms with Gasteiger partial charge in [0.1, 0.15) is 0 Å². The molecule has 2 heterocycles. The van der Waals surface area contributed by atoms with E-state index in [0.717, 1.165) is 62.4 Å². The first kappa shape index (κ1) is 30.4. The first-order valence-corrected chi connectivity index (χ1v) is 15.9. The average molecular weight is 591 g/mol. The number of hydrogen-bond donors (Lipinski definition) is 1. The number of rotatable bonds is 9. The molecule has 8 heteroatoms.